The minimum absolute atomic E-state index is 0.0226. The van der Waals surface area contributed by atoms with Crippen LogP contribution in [0.3, 0.4) is 0 Å². The molecule has 0 aromatic heterocycles. The van der Waals surface area contributed by atoms with Gasteiger partial charge in [0.2, 0.25) is 0 Å². The van der Waals surface area contributed by atoms with Gasteiger partial charge in [0, 0.05) is 6.07 Å². The van der Waals surface area contributed by atoms with E-state index in [2.05, 4.69) is 4.18 Å². The molecule has 0 saturated carbocycles. The standard InChI is InChI=1S/C13H10N2O5S/c14-21-20-13(16)11-7-6-9(15(17)18)8-12(11)19-10-4-2-1-3-5-10/h1-8H,14H2. The number of non-ortho nitro benzene ring substituents is 1. The molecule has 7 nitrogen and oxygen atoms in total. The molecule has 2 aromatic rings. The van der Waals surface area contributed by atoms with Crippen LogP contribution >= 0.6 is 12.2 Å². The third-order valence-electron chi connectivity index (χ3n) is 2.49. The second-order valence-electron chi connectivity index (χ2n) is 3.82. The van der Waals surface area contributed by atoms with Gasteiger partial charge in [0.25, 0.3) is 5.69 Å². The van der Waals surface area contributed by atoms with Crippen molar-refractivity contribution in [1.29, 1.82) is 0 Å². The van der Waals surface area contributed by atoms with Gasteiger partial charge >= 0.3 is 5.97 Å². The number of hydrogen-bond donors (Lipinski definition) is 1. The van der Waals surface area contributed by atoms with E-state index in [0.29, 0.717) is 18.0 Å². The van der Waals surface area contributed by atoms with Gasteiger partial charge < -0.3 is 8.92 Å². The number of carbonyl (C=O) groups is 1. The third-order valence-corrected chi connectivity index (χ3v) is 2.74. The summed E-state index contributed by atoms with van der Waals surface area (Å²) in [7, 11) is 0. The van der Waals surface area contributed by atoms with Crippen molar-refractivity contribution in [2.45, 2.75) is 0 Å². The fourth-order valence-electron chi connectivity index (χ4n) is 1.58. The van der Waals surface area contributed by atoms with Crippen LogP contribution < -0.4 is 9.88 Å². The molecule has 0 aliphatic heterocycles. The Balaban J connectivity index is 2.40. The van der Waals surface area contributed by atoms with E-state index >= 15 is 0 Å². The Morgan fingerprint density at radius 3 is 2.52 bits per heavy atom. The van der Waals surface area contributed by atoms with Crippen molar-refractivity contribution in [2.75, 3.05) is 0 Å². The number of nitrogens with two attached hydrogens (primary N) is 1. The van der Waals surface area contributed by atoms with E-state index in [1.807, 2.05) is 0 Å². The minimum Gasteiger partial charge on any atom is -0.456 e. The fourth-order valence-corrected chi connectivity index (χ4v) is 1.76. The molecule has 0 aliphatic rings. The Bertz CT molecular complexity index is 663. The summed E-state index contributed by atoms with van der Waals surface area (Å²) in [5, 5.41) is 15.9. The molecule has 0 radical (unpaired) electrons. The van der Waals surface area contributed by atoms with Gasteiger partial charge in [-0.2, -0.15) is 0 Å². The van der Waals surface area contributed by atoms with Gasteiger partial charge in [0.05, 0.1) is 11.0 Å². The number of rotatable bonds is 5. The van der Waals surface area contributed by atoms with Crippen molar-refractivity contribution < 1.29 is 18.6 Å². The largest absolute Gasteiger partial charge is 0.456 e. The number of ether oxygens (including phenoxy) is 1. The third kappa shape index (κ3) is 3.71. The molecule has 2 aromatic carbocycles. The molecule has 0 atom stereocenters. The zero-order valence-corrected chi connectivity index (χ0v) is 11.4. The first-order chi connectivity index (χ1) is 10.1. The first-order valence-corrected chi connectivity index (χ1v) is 6.51. The highest BCUT2D eigenvalue weighted by molar-refractivity contribution is 7.92. The summed E-state index contributed by atoms with van der Waals surface area (Å²) in [5.41, 5.74) is -0.153. The summed E-state index contributed by atoms with van der Waals surface area (Å²) in [4.78, 5) is 22.0. The molecule has 2 N–H and O–H groups in total. The van der Waals surface area contributed by atoms with Crippen LogP contribution in [0.1, 0.15) is 10.4 Å². The minimum atomic E-state index is -0.747. The van der Waals surface area contributed by atoms with Crippen LogP contribution in [0.15, 0.2) is 48.5 Å². The summed E-state index contributed by atoms with van der Waals surface area (Å²) in [6, 6.07) is 12.2. The van der Waals surface area contributed by atoms with Crippen LogP contribution in [0.5, 0.6) is 11.5 Å². The van der Waals surface area contributed by atoms with E-state index in [4.69, 9.17) is 9.88 Å². The van der Waals surface area contributed by atoms with Gasteiger partial charge in [0.1, 0.15) is 29.3 Å². The number of hydrogen-bond acceptors (Lipinski definition) is 7. The number of carbonyl (C=O) groups excluding carboxylic acids is 1. The lowest BCUT2D eigenvalue weighted by Gasteiger charge is -2.09. The fraction of sp³-hybridized carbons (Fsp3) is 0. The molecule has 0 bridgehead atoms. The van der Waals surface area contributed by atoms with Crippen molar-refractivity contribution in [1.82, 2.24) is 0 Å². The van der Waals surface area contributed by atoms with Gasteiger partial charge in [-0.1, -0.05) is 18.2 Å². The lowest BCUT2D eigenvalue weighted by molar-refractivity contribution is -0.384. The van der Waals surface area contributed by atoms with E-state index in [0.717, 1.165) is 6.07 Å². The van der Waals surface area contributed by atoms with Crippen LogP contribution in [0.25, 0.3) is 0 Å². The molecule has 8 heteroatoms. The van der Waals surface area contributed by atoms with E-state index in [-0.39, 0.29) is 17.0 Å². The normalized spacial score (nSPS) is 9.95. The maximum Gasteiger partial charge on any atom is 0.355 e. The predicted octanol–water partition coefficient (Wildman–Crippen LogP) is 3.07. The van der Waals surface area contributed by atoms with Crippen molar-refractivity contribution in [3.63, 3.8) is 0 Å². The molecule has 2 rings (SSSR count). The summed E-state index contributed by atoms with van der Waals surface area (Å²) in [6.07, 6.45) is 0. The molecule has 0 fully saturated rings. The molecule has 0 amide bonds. The summed E-state index contributed by atoms with van der Waals surface area (Å²) in [5.74, 6) is -0.287. The van der Waals surface area contributed by atoms with Crippen molar-refractivity contribution in [3.05, 3.63) is 64.2 Å². The Kier molecular flexibility index (Phi) is 4.75. The molecular formula is C13H10N2O5S. The first kappa shape index (κ1) is 14.8. The molecule has 21 heavy (non-hydrogen) atoms. The van der Waals surface area contributed by atoms with Crippen LogP contribution in [0.2, 0.25) is 0 Å². The quantitative estimate of drug-likeness (QED) is 0.391. The second kappa shape index (κ2) is 6.73. The second-order valence-corrected chi connectivity index (χ2v) is 4.18. The number of benzene rings is 2. The van der Waals surface area contributed by atoms with Gasteiger partial charge in [-0.05, 0) is 18.2 Å². The molecule has 108 valence electrons. The Morgan fingerprint density at radius 1 is 1.19 bits per heavy atom. The average Bonchev–Trinajstić information content (AvgIpc) is 2.48. The SMILES string of the molecule is NSOC(=O)c1ccc([N+](=O)[O-])cc1Oc1ccccc1. The molecule has 0 spiro atoms. The average molecular weight is 306 g/mol. The lowest BCUT2D eigenvalue weighted by atomic mass is 10.2. The lowest BCUT2D eigenvalue weighted by Crippen LogP contribution is -2.04. The van der Waals surface area contributed by atoms with Crippen molar-refractivity contribution >= 4 is 23.9 Å². The van der Waals surface area contributed by atoms with Crippen LogP contribution in [-0.4, -0.2) is 10.9 Å². The van der Waals surface area contributed by atoms with Gasteiger partial charge in [0.15, 0.2) is 0 Å². The number of nitrogens with zero attached hydrogens (tertiary/aromatic N) is 1. The molecule has 0 aliphatic carbocycles. The molecule has 0 saturated heterocycles. The van der Waals surface area contributed by atoms with Crippen molar-refractivity contribution in [2.24, 2.45) is 5.14 Å². The Morgan fingerprint density at radius 2 is 1.90 bits per heavy atom. The van der Waals surface area contributed by atoms with Crippen LogP contribution in [0, 0.1) is 10.1 Å². The zero-order valence-electron chi connectivity index (χ0n) is 10.6. The van der Waals surface area contributed by atoms with Gasteiger partial charge in [-0.15, -0.1) is 0 Å². The maximum absolute atomic E-state index is 11.8. The van der Waals surface area contributed by atoms with Gasteiger partial charge in [-0.3, -0.25) is 10.1 Å². The summed E-state index contributed by atoms with van der Waals surface area (Å²) in [6.45, 7) is 0. The zero-order chi connectivity index (χ0) is 15.2. The predicted molar refractivity (Wildman–Crippen MR) is 76.8 cm³/mol. The van der Waals surface area contributed by atoms with E-state index < -0.39 is 10.9 Å². The molecule has 0 heterocycles. The van der Waals surface area contributed by atoms with E-state index in [1.54, 1.807) is 30.3 Å². The smallest absolute Gasteiger partial charge is 0.355 e. The highest BCUT2D eigenvalue weighted by atomic mass is 32.2. The summed E-state index contributed by atoms with van der Waals surface area (Å²) < 4.78 is 10.1. The van der Waals surface area contributed by atoms with Gasteiger partial charge in [-0.25, -0.2) is 9.93 Å². The Hall–Kier alpha value is -2.58. The molecule has 0 unspecified atom stereocenters. The van der Waals surface area contributed by atoms with E-state index in [1.165, 1.54) is 12.1 Å². The van der Waals surface area contributed by atoms with Crippen LogP contribution in [0.4, 0.5) is 5.69 Å². The van der Waals surface area contributed by atoms with Crippen LogP contribution in [-0.2, 0) is 4.18 Å². The number of para-hydroxylation sites is 1. The highest BCUT2D eigenvalue weighted by Gasteiger charge is 2.19. The molecular weight excluding hydrogens is 296 g/mol. The highest BCUT2D eigenvalue weighted by Crippen LogP contribution is 2.30. The Labute approximate surface area is 124 Å². The number of nitro groups is 1. The topological polar surface area (TPSA) is 105 Å². The first-order valence-electron chi connectivity index (χ1n) is 5.71. The monoisotopic (exact) mass is 306 g/mol. The van der Waals surface area contributed by atoms with Crippen molar-refractivity contribution in [3.8, 4) is 11.5 Å². The maximum atomic E-state index is 11.8. The number of nitro benzene ring substituents is 1. The van der Waals surface area contributed by atoms with E-state index in [9.17, 15) is 14.9 Å². The summed E-state index contributed by atoms with van der Waals surface area (Å²) >= 11 is 0.391.